The fourth-order valence-electron chi connectivity index (χ4n) is 2.46. The molecule has 0 saturated carbocycles. The van der Waals surface area contributed by atoms with E-state index in [1.54, 1.807) is 6.20 Å². The van der Waals surface area contributed by atoms with Crippen LogP contribution in [0.5, 0.6) is 0 Å². The molecule has 0 bridgehead atoms. The summed E-state index contributed by atoms with van der Waals surface area (Å²) in [5.41, 5.74) is -0.112. The minimum Gasteiger partial charge on any atom is -0.423 e. The molecule has 0 aromatic carbocycles. The first-order valence-electron chi connectivity index (χ1n) is 7.65. The molecule has 0 N–H and O–H groups in total. The van der Waals surface area contributed by atoms with Crippen LogP contribution in [-0.2, 0) is 23.2 Å². The van der Waals surface area contributed by atoms with E-state index in [0.717, 1.165) is 19.6 Å². The van der Waals surface area contributed by atoms with Crippen LogP contribution < -0.4 is 0 Å². The van der Waals surface area contributed by atoms with E-state index in [2.05, 4.69) is 41.0 Å². The average molecular weight is 305 g/mol. The molecular weight excluding hydrogens is 282 g/mol. The Morgan fingerprint density at radius 1 is 1.32 bits per heavy atom. The summed E-state index contributed by atoms with van der Waals surface area (Å²) in [6.07, 6.45) is 3.88. The van der Waals surface area contributed by atoms with Crippen molar-refractivity contribution in [2.24, 2.45) is 0 Å². The van der Waals surface area contributed by atoms with Gasteiger partial charge < -0.3 is 9.15 Å². The fraction of sp³-hybridized carbons (Fsp3) is 0.667. The molecule has 2 aromatic rings. The van der Waals surface area contributed by atoms with E-state index in [-0.39, 0.29) is 11.5 Å². The van der Waals surface area contributed by atoms with Gasteiger partial charge in [-0.3, -0.25) is 9.58 Å². The van der Waals surface area contributed by atoms with Crippen molar-refractivity contribution in [1.29, 1.82) is 0 Å². The van der Waals surface area contributed by atoms with E-state index in [0.29, 0.717) is 24.9 Å². The quantitative estimate of drug-likeness (QED) is 0.852. The van der Waals surface area contributed by atoms with E-state index in [1.807, 2.05) is 16.9 Å². The van der Waals surface area contributed by atoms with Crippen LogP contribution in [0.15, 0.2) is 22.9 Å². The van der Waals surface area contributed by atoms with Gasteiger partial charge in [0.15, 0.2) is 0 Å². The molecular formula is C15H23N5O2. The van der Waals surface area contributed by atoms with Crippen LogP contribution in [0.4, 0.5) is 0 Å². The van der Waals surface area contributed by atoms with Gasteiger partial charge in [0.05, 0.1) is 25.8 Å². The number of morpholine rings is 1. The SMILES string of the molecule is CC(C)(C)c1nnc(CN2CCO[C@H](Cn3cccn3)C2)o1. The Labute approximate surface area is 130 Å². The van der Waals surface area contributed by atoms with Crippen molar-refractivity contribution in [2.45, 2.75) is 45.4 Å². The van der Waals surface area contributed by atoms with Crippen molar-refractivity contribution < 1.29 is 9.15 Å². The molecule has 0 radical (unpaired) electrons. The Hall–Kier alpha value is -1.73. The molecule has 7 heteroatoms. The molecule has 0 spiro atoms. The first-order valence-corrected chi connectivity index (χ1v) is 7.65. The topological polar surface area (TPSA) is 69.2 Å². The van der Waals surface area contributed by atoms with Gasteiger partial charge >= 0.3 is 0 Å². The third-order valence-corrected chi connectivity index (χ3v) is 3.64. The van der Waals surface area contributed by atoms with Gasteiger partial charge in [-0.15, -0.1) is 10.2 Å². The van der Waals surface area contributed by atoms with Crippen LogP contribution in [0.2, 0.25) is 0 Å². The van der Waals surface area contributed by atoms with E-state index in [9.17, 15) is 0 Å². The second-order valence-corrected chi connectivity index (χ2v) is 6.71. The number of nitrogens with zero attached hydrogens (tertiary/aromatic N) is 5. The zero-order valence-electron chi connectivity index (χ0n) is 13.4. The fourth-order valence-corrected chi connectivity index (χ4v) is 2.46. The van der Waals surface area contributed by atoms with Gasteiger partial charge in [-0.1, -0.05) is 20.8 Å². The van der Waals surface area contributed by atoms with Crippen LogP contribution in [-0.4, -0.2) is 50.7 Å². The second-order valence-electron chi connectivity index (χ2n) is 6.71. The zero-order valence-corrected chi connectivity index (χ0v) is 13.4. The van der Waals surface area contributed by atoms with Crippen LogP contribution >= 0.6 is 0 Å². The van der Waals surface area contributed by atoms with Crippen molar-refractivity contribution in [3.63, 3.8) is 0 Å². The second kappa shape index (κ2) is 6.18. The van der Waals surface area contributed by atoms with Crippen molar-refractivity contribution in [3.05, 3.63) is 30.2 Å². The summed E-state index contributed by atoms with van der Waals surface area (Å²) in [5.74, 6) is 1.36. The smallest absolute Gasteiger partial charge is 0.230 e. The summed E-state index contributed by atoms with van der Waals surface area (Å²) in [5, 5.41) is 12.5. The van der Waals surface area contributed by atoms with Crippen molar-refractivity contribution in [1.82, 2.24) is 24.9 Å². The summed E-state index contributed by atoms with van der Waals surface area (Å²) < 4.78 is 13.5. The molecule has 120 valence electrons. The third-order valence-electron chi connectivity index (χ3n) is 3.64. The maximum Gasteiger partial charge on any atom is 0.230 e. The number of hydrogen-bond donors (Lipinski definition) is 0. The first-order chi connectivity index (χ1) is 10.5. The molecule has 3 rings (SSSR count). The molecule has 22 heavy (non-hydrogen) atoms. The predicted molar refractivity (Wildman–Crippen MR) is 80.2 cm³/mol. The summed E-state index contributed by atoms with van der Waals surface area (Å²) in [7, 11) is 0. The Bertz CT molecular complexity index is 587. The monoisotopic (exact) mass is 305 g/mol. The molecule has 1 saturated heterocycles. The van der Waals surface area contributed by atoms with E-state index in [1.165, 1.54) is 0 Å². The van der Waals surface area contributed by atoms with Gasteiger partial charge in [0, 0.05) is 30.9 Å². The Morgan fingerprint density at radius 2 is 2.18 bits per heavy atom. The molecule has 0 amide bonds. The minimum atomic E-state index is -0.112. The molecule has 1 aliphatic heterocycles. The zero-order chi connectivity index (χ0) is 15.6. The van der Waals surface area contributed by atoms with Gasteiger partial charge in [-0.05, 0) is 6.07 Å². The molecule has 1 fully saturated rings. The van der Waals surface area contributed by atoms with Gasteiger partial charge in [-0.2, -0.15) is 5.10 Å². The normalized spacial score (nSPS) is 20.4. The number of ether oxygens (including phenoxy) is 1. The van der Waals surface area contributed by atoms with E-state index >= 15 is 0 Å². The highest BCUT2D eigenvalue weighted by atomic mass is 16.5. The van der Waals surface area contributed by atoms with Crippen LogP contribution in [0, 0.1) is 0 Å². The van der Waals surface area contributed by atoms with Gasteiger partial charge in [0.1, 0.15) is 0 Å². The molecule has 0 unspecified atom stereocenters. The maximum atomic E-state index is 5.81. The molecule has 1 atom stereocenters. The van der Waals surface area contributed by atoms with Crippen LogP contribution in [0.3, 0.4) is 0 Å². The van der Waals surface area contributed by atoms with Crippen molar-refractivity contribution in [2.75, 3.05) is 19.7 Å². The number of aromatic nitrogens is 4. The van der Waals surface area contributed by atoms with Gasteiger partial charge in [-0.25, -0.2) is 0 Å². The Kier molecular flexibility index (Phi) is 4.26. The van der Waals surface area contributed by atoms with E-state index in [4.69, 9.17) is 9.15 Å². The molecule has 1 aliphatic rings. The third kappa shape index (κ3) is 3.72. The summed E-state index contributed by atoms with van der Waals surface area (Å²) in [6, 6.07) is 1.92. The largest absolute Gasteiger partial charge is 0.423 e. The maximum absolute atomic E-state index is 5.81. The van der Waals surface area contributed by atoms with Gasteiger partial charge in [0.2, 0.25) is 11.8 Å². The lowest BCUT2D eigenvalue weighted by molar-refractivity contribution is -0.0424. The lowest BCUT2D eigenvalue weighted by Gasteiger charge is -2.31. The van der Waals surface area contributed by atoms with Crippen LogP contribution in [0.1, 0.15) is 32.6 Å². The Balaban J connectivity index is 1.57. The molecule has 7 nitrogen and oxygen atoms in total. The average Bonchev–Trinajstić information content (AvgIpc) is 3.10. The minimum absolute atomic E-state index is 0.112. The molecule has 0 aliphatic carbocycles. The van der Waals surface area contributed by atoms with Gasteiger partial charge in [0.25, 0.3) is 0 Å². The summed E-state index contributed by atoms with van der Waals surface area (Å²) in [4.78, 5) is 2.29. The van der Waals surface area contributed by atoms with Crippen LogP contribution in [0.25, 0.3) is 0 Å². The standard InChI is InChI=1S/C15H23N5O2/c1-15(2,3)14-18-17-13(22-14)11-19-7-8-21-12(9-19)10-20-6-4-5-16-20/h4-6,12H,7-11H2,1-3H3/t12-/m0/s1. The number of rotatable bonds is 4. The lowest BCUT2D eigenvalue weighted by atomic mass is 9.97. The Morgan fingerprint density at radius 3 is 2.86 bits per heavy atom. The molecule has 2 aromatic heterocycles. The predicted octanol–water partition coefficient (Wildman–Crippen LogP) is 1.46. The molecule has 3 heterocycles. The van der Waals surface area contributed by atoms with Crippen molar-refractivity contribution in [3.8, 4) is 0 Å². The van der Waals surface area contributed by atoms with E-state index < -0.39 is 0 Å². The highest BCUT2D eigenvalue weighted by Crippen LogP contribution is 2.21. The van der Waals surface area contributed by atoms with Crippen molar-refractivity contribution >= 4 is 0 Å². The number of hydrogen-bond acceptors (Lipinski definition) is 6. The highest BCUT2D eigenvalue weighted by Gasteiger charge is 2.25. The first kappa shape index (κ1) is 15.2. The lowest BCUT2D eigenvalue weighted by Crippen LogP contribution is -2.43. The summed E-state index contributed by atoms with van der Waals surface area (Å²) in [6.45, 7) is 10.1. The summed E-state index contributed by atoms with van der Waals surface area (Å²) >= 11 is 0. The highest BCUT2D eigenvalue weighted by molar-refractivity contribution is 4.96.